The molecule has 11 nitrogen and oxygen atoms in total. The molecule has 0 atom stereocenters. The fraction of sp³-hybridized carbons (Fsp3) is 0.105. The molecule has 156 valence electrons. The Kier molecular flexibility index (Phi) is 4.64. The van der Waals surface area contributed by atoms with Crippen LogP contribution >= 0.6 is 11.6 Å². The third-order valence-corrected chi connectivity index (χ3v) is 4.59. The highest BCUT2D eigenvalue weighted by molar-refractivity contribution is 6.31. The van der Waals surface area contributed by atoms with Crippen LogP contribution in [0.4, 0.5) is 17.5 Å². The number of halogens is 1. The highest BCUT2D eigenvalue weighted by Crippen LogP contribution is 2.43. The minimum Gasteiger partial charge on any atom is -0.486 e. The molecular formula is C19H13ClN6O5. The Morgan fingerprint density at radius 3 is 2.65 bits per heavy atom. The van der Waals surface area contributed by atoms with E-state index in [0.29, 0.717) is 41.0 Å². The van der Waals surface area contributed by atoms with Crippen molar-refractivity contribution in [2.24, 2.45) is 0 Å². The van der Waals surface area contributed by atoms with Gasteiger partial charge in [-0.1, -0.05) is 21.9 Å². The SMILES string of the molecule is Nc1nc(N(C(=O)c2ccno2)c2ccno2)cnc1-c1cc(Cl)cc2c1OCCO2. The van der Waals surface area contributed by atoms with Gasteiger partial charge in [0.1, 0.15) is 18.9 Å². The van der Waals surface area contributed by atoms with E-state index < -0.39 is 5.91 Å². The fourth-order valence-electron chi connectivity index (χ4n) is 3.08. The number of aromatic nitrogens is 4. The number of hydrogen-bond donors (Lipinski definition) is 1. The quantitative estimate of drug-likeness (QED) is 0.502. The predicted octanol–water partition coefficient (Wildman–Crippen LogP) is 3.10. The van der Waals surface area contributed by atoms with E-state index in [4.69, 9.17) is 35.9 Å². The number of fused-ring (bicyclic) bond motifs is 1. The van der Waals surface area contributed by atoms with Crippen molar-refractivity contribution in [2.45, 2.75) is 0 Å². The number of nitrogens with zero attached hydrogens (tertiary/aromatic N) is 5. The van der Waals surface area contributed by atoms with E-state index in [1.807, 2.05) is 0 Å². The van der Waals surface area contributed by atoms with Gasteiger partial charge in [-0.15, -0.1) is 0 Å². The maximum absolute atomic E-state index is 12.9. The standard InChI is InChI=1S/C19H13ClN6O5/c20-10-7-11(17-13(8-10)28-5-6-29-17)16-18(21)25-14(9-22-16)26(15-2-4-24-31-15)19(27)12-1-3-23-30-12/h1-4,7-9H,5-6H2,(H2,21,25). The molecule has 31 heavy (non-hydrogen) atoms. The number of rotatable bonds is 4. The second-order valence-electron chi connectivity index (χ2n) is 6.31. The van der Waals surface area contributed by atoms with Crippen LogP contribution in [-0.4, -0.2) is 39.4 Å². The molecule has 1 aliphatic rings. The summed E-state index contributed by atoms with van der Waals surface area (Å²) in [5.41, 5.74) is 7.05. The topological polar surface area (TPSA) is 143 Å². The summed E-state index contributed by atoms with van der Waals surface area (Å²) in [7, 11) is 0. The normalized spacial score (nSPS) is 12.5. The monoisotopic (exact) mass is 440 g/mol. The van der Waals surface area contributed by atoms with Crippen molar-refractivity contribution in [3.8, 4) is 22.8 Å². The number of ether oxygens (including phenoxy) is 2. The number of nitrogen functional groups attached to an aromatic ring is 1. The molecule has 1 amide bonds. The van der Waals surface area contributed by atoms with Gasteiger partial charge in [-0.05, 0) is 6.07 Å². The molecule has 0 saturated carbocycles. The van der Waals surface area contributed by atoms with Crippen molar-refractivity contribution >= 4 is 35.0 Å². The summed E-state index contributed by atoms with van der Waals surface area (Å²) in [6.45, 7) is 0.779. The summed E-state index contributed by atoms with van der Waals surface area (Å²) in [6.07, 6.45) is 4.09. The fourth-order valence-corrected chi connectivity index (χ4v) is 3.29. The molecule has 3 aromatic heterocycles. The average molecular weight is 441 g/mol. The summed E-state index contributed by atoms with van der Waals surface area (Å²) in [5.74, 6) is 0.554. The Bertz CT molecular complexity index is 1250. The van der Waals surface area contributed by atoms with Gasteiger partial charge in [0.05, 0.1) is 24.2 Å². The molecule has 4 aromatic rings. The van der Waals surface area contributed by atoms with Crippen LogP contribution < -0.4 is 20.1 Å². The molecule has 0 spiro atoms. The van der Waals surface area contributed by atoms with Gasteiger partial charge in [-0.3, -0.25) is 4.79 Å². The highest BCUT2D eigenvalue weighted by Gasteiger charge is 2.28. The molecule has 4 heterocycles. The van der Waals surface area contributed by atoms with E-state index in [9.17, 15) is 4.79 Å². The van der Waals surface area contributed by atoms with E-state index in [-0.39, 0.29) is 23.3 Å². The molecule has 1 aromatic carbocycles. The minimum absolute atomic E-state index is 0.0321. The first-order valence-electron chi connectivity index (χ1n) is 8.99. The summed E-state index contributed by atoms with van der Waals surface area (Å²) >= 11 is 6.22. The molecule has 0 bridgehead atoms. The van der Waals surface area contributed by atoms with Crippen LogP contribution in [0.25, 0.3) is 11.3 Å². The van der Waals surface area contributed by atoms with E-state index >= 15 is 0 Å². The number of anilines is 3. The first kappa shape index (κ1) is 18.9. The Morgan fingerprint density at radius 1 is 1.10 bits per heavy atom. The molecule has 5 rings (SSSR count). The zero-order valence-corrected chi connectivity index (χ0v) is 16.4. The van der Waals surface area contributed by atoms with Gasteiger partial charge < -0.3 is 24.3 Å². The van der Waals surface area contributed by atoms with Gasteiger partial charge in [0.2, 0.25) is 11.6 Å². The van der Waals surface area contributed by atoms with Crippen molar-refractivity contribution in [3.63, 3.8) is 0 Å². The van der Waals surface area contributed by atoms with Gasteiger partial charge in [0, 0.05) is 23.2 Å². The molecule has 0 fully saturated rings. The van der Waals surface area contributed by atoms with Crippen molar-refractivity contribution in [2.75, 3.05) is 23.8 Å². The molecule has 0 saturated heterocycles. The Balaban J connectivity index is 1.59. The smallest absolute Gasteiger partial charge is 0.305 e. The minimum atomic E-state index is -0.590. The number of benzene rings is 1. The second kappa shape index (κ2) is 7.61. The van der Waals surface area contributed by atoms with Crippen molar-refractivity contribution in [1.82, 2.24) is 20.3 Å². The van der Waals surface area contributed by atoms with Gasteiger partial charge in [0.25, 0.3) is 0 Å². The van der Waals surface area contributed by atoms with Crippen molar-refractivity contribution in [1.29, 1.82) is 0 Å². The van der Waals surface area contributed by atoms with Crippen LogP contribution in [-0.2, 0) is 0 Å². The molecular weight excluding hydrogens is 428 g/mol. The molecule has 0 unspecified atom stereocenters. The number of nitrogens with two attached hydrogens (primary N) is 1. The third kappa shape index (κ3) is 3.40. The van der Waals surface area contributed by atoms with Gasteiger partial charge >= 0.3 is 5.91 Å². The van der Waals surface area contributed by atoms with Crippen LogP contribution in [0.5, 0.6) is 11.5 Å². The predicted molar refractivity (Wildman–Crippen MR) is 107 cm³/mol. The zero-order chi connectivity index (χ0) is 21.4. The number of hydrogen-bond acceptors (Lipinski definition) is 10. The van der Waals surface area contributed by atoms with E-state index in [2.05, 4.69) is 20.3 Å². The molecule has 2 N–H and O–H groups in total. The highest BCUT2D eigenvalue weighted by atomic mass is 35.5. The first-order valence-corrected chi connectivity index (χ1v) is 9.37. The van der Waals surface area contributed by atoms with E-state index in [1.165, 1.54) is 30.7 Å². The average Bonchev–Trinajstić information content (AvgIpc) is 3.48. The summed E-state index contributed by atoms with van der Waals surface area (Å²) in [5, 5.41) is 7.62. The largest absolute Gasteiger partial charge is 0.486 e. The Labute approximate surface area is 179 Å². The number of carbonyl (C=O) groups excluding carboxylic acids is 1. The maximum Gasteiger partial charge on any atom is 0.305 e. The molecule has 1 aliphatic heterocycles. The third-order valence-electron chi connectivity index (χ3n) is 4.37. The zero-order valence-electron chi connectivity index (χ0n) is 15.7. The summed E-state index contributed by atoms with van der Waals surface area (Å²) in [4.78, 5) is 22.8. The van der Waals surface area contributed by atoms with E-state index in [1.54, 1.807) is 12.1 Å². The number of amides is 1. The molecule has 0 radical (unpaired) electrons. The van der Waals surface area contributed by atoms with Crippen LogP contribution in [0.2, 0.25) is 5.02 Å². The van der Waals surface area contributed by atoms with Crippen LogP contribution in [0, 0.1) is 0 Å². The van der Waals surface area contributed by atoms with Gasteiger partial charge in [-0.25, -0.2) is 14.9 Å². The molecule has 0 aliphatic carbocycles. The lowest BCUT2D eigenvalue weighted by Crippen LogP contribution is -2.26. The van der Waals surface area contributed by atoms with Crippen LogP contribution in [0.3, 0.4) is 0 Å². The maximum atomic E-state index is 12.9. The Morgan fingerprint density at radius 2 is 1.90 bits per heavy atom. The van der Waals surface area contributed by atoms with Crippen LogP contribution in [0.1, 0.15) is 10.6 Å². The van der Waals surface area contributed by atoms with Crippen LogP contribution in [0.15, 0.2) is 51.9 Å². The number of carbonyl (C=O) groups is 1. The van der Waals surface area contributed by atoms with Gasteiger partial charge in [-0.2, -0.15) is 0 Å². The van der Waals surface area contributed by atoms with Gasteiger partial charge in [0.15, 0.2) is 23.1 Å². The molecule has 12 heteroatoms. The lowest BCUT2D eigenvalue weighted by molar-refractivity contribution is 0.0958. The van der Waals surface area contributed by atoms with E-state index in [0.717, 1.165) is 4.90 Å². The summed E-state index contributed by atoms with van der Waals surface area (Å²) in [6, 6.07) is 6.20. The van der Waals surface area contributed by atoms with Crippen molar-refractivity contribution in [3.05, 3.63) is 53.6 Å². The second-order valence-corrected chi connectivity index (χ2v) is 6.74. The summed E-state index contributed by atoms with van der Waals surface area (Å²) < 4.78 is 21.4. The van der Waals surface area contributed by atoms with Crippen molar-refractivity contribution < 1.29 is 23.3 Å². The Hall–Kier alpha value is -4.12. The lowest BCUT2D eigenvalue weighted by Gasteiger charge is -2.22. The lowest BCUT2D eigenvalue weighted by atomic mass is 10.1. The first-order chi connectivity index (χ1) is 15.1.